The Kier molecular flexibility index (Phi) is 4.61. The molecule has 0 heterocycles. The van der Waals surface area contributed by atoms with Crippen LogP contribution in [0.5, 0.6) is 5.75 Å². The SMILES string of the molecule is CCNC(=O)NC(=O)Oc1ccc([N+](=O)[O-])cc1. The highest BCUT2D eigenvalue weighted by atomic mass is 16.6. The third-order valence-corrected chi connectivity index (χ3v) is 1.81. The van der Waals surface area contributed by atoms with Crippen LogP contribution in [0.25, 0.3) is 0 Å². The molecular formula is C10H11N3O5. The van der Waals surface area contributed by atoms with Crippen molar-refractivity contribution in [3.63, 3.8) is 0 Å². The number of amides is 3. The van der Waals surface area contributed by atoms with Crippen molar-refractivity contribution in [2.24, 2.45) is 0 Å². The fourth-order valence-corrected chi connectivity index (χ4v) is 1.07. The van der Waals surface area contributed by atoms with Crippen molar-refractivity contribution in [3.05, 3.63) is 34.4 Å². The van der Waals surface area contributed by atoms with E-state index in [1.54, 1.807) is 6.92 Å². The van der Waals surface area contributed by atoms with E-state index < -0.39 is 17.0 Å². The van der Waals surface area contributed by atoms with Crippen LogP contribution >= 0.6 is 0 Å². The van der Waals surface area contributed by atoms with Crippen LogP contribution in [0.1, 0.15) is 6.92 Å². The minimum atomic E-state index is -0.963. The lowest BCUT2D eigenvalue weighted by atomic mass is 10.3. The highest BCUT2D eigenvalue weighted by Gasteiger charge is 2.10. The molecule has 0 atom stereocenters. The Balaban J connectivity index is 2.54. The van der Waals surface area contributed by atoms with Crippen molar-refractivity contribution in [2.45, 2.75) is 6.92 Å². The molecule has 8 heteroatoms. The van der Waals surface area contributed by atoms with Gasteiger partial charge >= 0.3 is 12.1 Å². The zero-order chi connectivity index (χ0) is 13.5. The molecule has 8 nitrogen and oxygen atoms in total. The smallest absolute Gasteiger partial charge is 0.410 e. The molecule has 0 aliphatic carbocycles. The fraction of sp³-hybridized carbons (Fsp3) is 0.200. The summed E-state index contributed by atoms with van der Waals surface area (Å²) < 4.78 is 4.73. The van der Waals surface area contributed by atoms with E-state index in [2.05, 4.69) is 5.32 Å². The van der Waals surface area contributed by atoms with Crippen LogP contribution in [-0.2, 0) is 0 Å². The summed E-state index contributed by atoms with van der Waals surface area (Å²) in [5.41, 5.74) is -0.119. The minimum Gasteiger partial charge on any atom is -0.410 e. The number of hydrogen-bond acceptors (Lipinski definition) is 5. The molecule has 3 amide bonds. The first kappa shape index (κ1) is 13.4. The molecule has 0 saturated heterocycles. The number of hydrogen-bond donors (Lipinski definition) is 2. The van der Waals surface area contributed by atoms with Crippen molar-refractivity contribution < 1.29 is 19.2 Å². The van der Waals surface area contributed by atoms with Gasteiger partial charge in [0.05, 0.1) is 4.92 Å². The van der Waals surface area contributed by atoms with Gasteiger partial charge in [0, 0.05) is 18.7 Å². The highest BCUT2D eigenvalue weighted by molar-refractivity contribution is 5.91. The van der Waals surface area contributed by atoms with Gasteiger partial charge in [0.15, 0.2) is 0 Å². The first-order chi connectivity index (χ1) is 8.52. The van der Waals surface area contributed by atoms with Crippen molar-refractivity contribution in [3.8, 4) is 5.75 Å². The second-order valence-electron chi connectivity index (χ2n) is 3.12. The molecule has 18 heavy (non-hydrogen) atoms. The summed E-state index contributed by atoms with van der Waals surface area (Å²) in [5.74, 6) is 0.0994. The molecule has 0 fully saturated rings. The summed E-state index contributed by atoms with van der Waals surface area (Å²) in [5, 5.41) is 14.7. The topological polar surface area (TPSA) is 111 Å². The van der Waals surface area contributed by atoms with Gasteiger partial charge in [0.1, 0.15) is 5.75 Å². The molecular weight excluding hydrogens is 242 g/mol. The van der Waals surface area contributed by atoms with E-state index in [1.807, 2.05) is 5.32 Å². The summed E-state index contributed by atoms with van der Waals surface area (Å²) in [7, 11) is 0. The largest absolute Gasteiger partial charge is 0.420 e. The number of nitrogens with one attached hydrogen (secondary N) is 2. The zero-order valence-electron chi connectivity index (χ0n) is 9.50. The minimum absolute atomic E-state index is 0.0994. The van der Waals surface area contributed by atoms with Crippen molar-refractivity contribution >= 4 is 17.8 Å². The van der Waals surface area contributed by atoms with E-state index in [-0.39, 0.29) is 11.4 Å². The maximum Gasteiger partial charge on any atom is 0.420 e. The predicted octanol–water partition coefficient (Wildman–Crippen LogP) is 1.41. The summed E-state index contributed by atoms with van der Waals surface area (Å²) >= 11 is 0. The summed E-state index contributed by atoms with van der Waals surface area (Å²) in [6.07, 6.45) is -0.963. The van der Waals surface area contributed by atoms with Gasteiger partial charge in [-0.3, -0.25) is 10.1 Å². The monoisotopic (exact) mass is 253 g/mol. The molecule has 0 unspecified atom stereocenters. The maximum atomic E-state index is 11.2. The standard InChI is InChI=1S/C10H11N3O5/c1-2-11-9(14)12-10(15)18-8-5-3-7(4-6-8)13(16)17/h3-6H,2H2,1H3,(H2,11,12,14,15). The second kappa shape index (κ2) is 6.18. The third kappa shape index (κ3) is 4.08. The highest BCUT2D eigenvalue weighted by Crippen LogP contribution is 2.17. The molecule has 0 spiro atoms. The van der Waals surface area contributed by atoms with Gasteiger partial charge in [0.25, 0.3) is 5.69 Å². The molecule has 2 N–H and O–H groups in total. The third-order valence-electron chi connectivity index (χ3n) is 1.81. The number of nitro groups is 1. The number of nitrogens with zero attached hydrogens (tertiary/aromatic N) is 1. The number of carbonyl (C=O) groups excluding carboxylic acids is 2. The summed E-state index contributed by atoms with van der Waals surface area (Å²) in [4.78, 5) is 32.0. The zero-order valence-corrected chi connectivity index (χ0v) is 9.50. The van der Waals surface area contributed by atoms with Crippen LogP contribution in [0.15, 0.2) is 24.3 Å². The number of nitro benzene ring substituents is 1. The molecule has 96 valence electrons. The Morgan fingerprint density at radius 1 is 1.33 bits per heavy atom. The van der Waals surface area contributed by atoms with E-state index in [1.165, 1.54) is 24.3 Å². The van der Waals surface area contributed by atoms with Crippen LogP contribution in [0.4, 0.5) is 15.3 Å². The molecule has 0 aromatic heterocycles. The average molecular weight is 253 g/mol. The summed E-state index contributed by atoms with van der Waals surface area (Å²) in [6.45, 7) is 2.07. The van der Waals surface area contributed by atoms with Crippen LogP contribution in [0.2, 0.25) is 0 Å². The van der Waals surface area contributed by atoms with Crippen molar-refractivity contribution in [1.82, 2.24) is 10.6 Å². The number of non-ortho nitro benzene ring substituents is 1. The van der Waals surface area contributed by atoms with Crippen molar-refractivity contribution in [2.75, 3.05) is 6.54 Å². The molecule has 0 saturated carbocycles. The van der Waals surface area contributed by atoms with Crippen LogP contribution in [0, 0.1) is 10.1 Å². The second-order valence-corrected chi connectivity index (χ2v) is 3.12. The number of urea groups is 1. The Hall–Kier alpha value is -2.64. The van der Waals surface area contributed by atoms with Gasteiger partial charge < -0.3 is 10.1 Å². The van der Waals surface area contributed by atoms with Crippen LogP contribution < -0.4 is 15.4 Å². The van der Waals surface area contributed by atoms with E-state index in [0.29, 0.717) is 6.54 Å². The lowest BCUT2D eigenvalue weighted by molar-refractivity contribution is -0.384. The molecule has 0 radical (unpaired) electrons. The average Bonchev–Trinajstić information content (AvgIpc) is 2.29. The molecule has 0 bridgehead atoms. The first-order valence-electron chi connectivity index (χ1n) is 5.04. The van der Waals surface area contributed by atoms with Gasteiger partial charge in [-0.05, 0) is 19.1 Å². The molecule has 0 aliphatic heterocycles. The normalized spacial score (nSPS) is 9.39. The van der Waals surface area contributed by atoms with E-state index in [0.717, 1.165) is 0 Å². The van der Waals surface area contributed by atoms with Crippen LogP contribution in [0.3, 0.4) is 0 Å². The van der Waals surface area contributed by atoms with E-state index in [9.17, 15) is 19.7 Å². The van der Waals surface area contributed by atoms with Gasteiger partial charge in [-0.15, -0.1) is 0 Å². The summed E-state index contributed by atoms with van der Waals surface area (Å²) in [6, 6.07) is 4.22. The predicted molar refractivity (Wildman–Crippen MR) is 61.3 cm³/mol. The number of carbonyl (C=O) groups is 2. The number of ether oxygens (including phenoxy) is 1. The quantitative estimate of drug-likeness (QED) is 0.625. The molecule has 1 aromatic rings. The Bertz CT molecular complexity index is 457. The van der Waals surface area contributed by atoms with E-state index in [4.69, 9.17) is 4.74 Å². The van der Waals surface area contributed by atoms with Crippen molar-refractivity contribution in [1.29, 1.82) is 0 Å². The molecule has 1 aromatic carbocycles. The van der Waals surface area contributed by atoms with Gasteiger partial charge in [-0.25, -0.2) is 14.9 Å². The molecule has 0 aliphatic rings. The van der Waals surface area contributed by atoms with Gasteiger partial charge in [0.2, 0.25) is 0 Å². The number of benzene rings is 1. The fourth-order valence-electron chi connectivity index (χ4n) is 1.07. The Morgan fingerprint density at radius 2 is 1.94 bits per heavy atom. The van der Waals surface area contributed by atoms with Gasteiger partial charge in [-0.2, -0.15) is 0 Å². The first-order valence-corrected chi connectivity index (χ1v) is 5.04. The van der Waals surface area contributed by atoms with Gasteiger partial charge in [-0.1, -0.05) is 0 Å². The van der Waals surface area contributed by atoms with E-state index >= 15 is 0 Å². The maximum absolute atomic E-state index is 11.2. The number of rotatable bonds is 3. The molecule has 1 rings (SSSR count). The lowest BCUT2D eigenvalue weighted by Crippen LogP contribution is -2.40. The lowest BCUT2D eigenvalue weighted by Gasteiger charge is -2.05. The number of imide groups is 1. The Labute approximate surface area is 102 Å². The Morgan fingerprint density at radius 3 is 2.44 bits per heavy atom. The van der Waals surface area contributed by atoms with Crippen LogP contribution in [-0.4, -0.2) is 23.6 Å².